The van der Waals surface area contributed by atoms with Gasteiger partial charge in [-0.05, 0) is 49.2 Å². The molecule has 1 radical (unpaired) electrons. The van der Waals surface area contributed by atoms with E-state index >= 15 is 0 Å². The number of nitrogens with one attached hydrogen (secondary N) is 2. The zero-order valence-corrected chi connectivity index (χ0v) is 32.1. The van der Waals surface area contributed by atoms with E-state index in [1.165, 1.54) is 9.80 Å². The first-order valence-electron chi connectivity index (χ1n) is 15.1. The van der Waals surface area contributed by atoms with Gasteiger partial charge in [-0.15, -0.1) is 0 Å². The number of anilines is 1. The molecule has 1 aromatic rings. The Balaban J connectivity index is 0.0000115. The van der Waals surface area contributed by atoms with Crippen molar-refractivity contribution < 1.29 is 93.6 Å². The van der Waals surface area contributed by atoms with Crippen molar-refractivity contribution in [1.82, 2.24) is 24.9 Å². The number of thiocarbonyl (C=S) groups is 1. The Morgan fingerprint density at radius 2 is 1.31 bits per heavy atom. The monoisotopic (exact) mass is 905 g/mol. The summed E-state index contributed by atoms with van der Waals surface area (Å²) >= 11 is 5.34. The topological polar surface area (TPSA) is 258 Å². The Morgan fingerprint density at radius 1 is 0.812 bits per heavy atom. The molecular weight excluding hydrogens is 863 g/mol. The van der Waals surface area contributed by atoms with Crippen molar-refractivity contribution in [1.29, 1.82) is 0 Å². The molecule has 2 rings (SSSR count). The summed E-state index contributed by atoms with van der Waals surface area (Å²) < 4.78 is 0. The van der Waals surface area contributed by atoms with E-state index in [0.29, 0.717) is 42.2 Å². The molecule has 1 fully saturated rings. The van der Waals surface area contributed by atoms with Crippen molar-refractivity contribution in [2.24, 2.45) is 5.73 Å². The van der Waals surface area contributed by atoms with E-state index in [1.54, 1.807) is 34.1 Å². The molecule has 0 spiro atoms. The maximum Gasteiger partial charge on any atom is 0.320 e. The zero-order valence-electron chi connectivity index (χ0n) is 26.6. The number of carboxylic acids is 5. The van der Waals surface area contributed by atoms with Crippen molar-refractivity contribution in [2.75, 3.05) is 83.9 Å². The molecule has 0 aliphatic carbocycles. The van der Waals surface area contributed by atoms with Gasteiger partial charge in [-0.3, -0.25) is 29.2 Å². The molecule has 0 amide bonds. The third kappa shape index (κ3) is 17.8. The van der Waals surface area contributed by atoms with Gasteiger partial charge in [0.05, 0.1) is 24.5 Å². The van der Waals surface area contributed by atoms with Gasteiger partial charge in [-0.1, -0.05) is 12.1 Å². The third-order valence-corrected chi connectivity index (χ3v) is 7.78. The summed E-state index contributed by atoms with van der Waals surface area (Å²) in [5.41, 5.74) is 6.76. The van der Waals surface area contributed by atoms with Crippen LogP contribution in [0.1, 0.15) is 30.9 Å². The predicted molar refractivity (Wildman–Crippen MR) is 166 cm³/mol. The first kappa shape index (κ1) is 43.5. The fourth-order valence-electron chi connectivity index (χ4n) is 5.13. The van der Waals surface area contributed by atoms with Crippen molar-refractivity contribution in [3.8, 4) is 0 Å². The van der Waals surface area contributed by atoms with Gasteiger partial charge >= 0.3 is 11.9 Å². The number of benzene rings is 1. The SMILES string of the molecule is N[C@@H](CCCCNC(=S)Nc1ccc(C2CN(CC(=O)[O-])CCN(CC(=O)[O-])CCN(CC(=O)[O-])CCN2CC(=O)O)cc1)C(=O)O.[225Ac]. The van der Waals surface area contributed by atoms with Crippen LogP contribution in [-0.2, 0) is 24.0 Å². The van der Waals surface area contributed by atoms with Crippen LogP contribution in [-0.4, -0.2) is 149 Å². The number of unbranched alkanes of at least 4 members (excludes halogenated alkanes) is 1. The van der Waals surface area contributed by atoms with Crippen molar-refractivity contribution in [2.45, 2.75) is 31.3 Å². The molecule has 2 atom stereocenters. The average molecular weight is 906 g/mol. The summed E-state index contributed by atoms with van der Waals surface area (Å²) in [5.74, 6) is -6.24. The standard InChI is InChI=1S/C29H45N7O10S.Ac/c30-22(28(45)46)3-1-2-8-31-29(47)32-21-6-4-20(5-7-21)23-15-35(18-26(41)42)12-11-33(16-24(37)38)9-10-34(17-25(39)40)13-14-36(23)19-27(43)44;/h4-7,22-23H,1-3,8-19,30H2,(H,37,38)(H,39,40)(H,41,42)(H,43,44)(H,45,46)(H2,31,32,47);/p-3/t22-,23?;/m0./s1/i;1-2. The fraction of sp³-hybridized carbons (Fsp3) is 0.586. The summed E-state index contributed by atoms with van der Waals surface area (Å²) in [6.45, 7) is -0.583. The van der Waals surface area contributed by atoms with Crippen molar-refractivity contribution in [3.63, 3.8) is 0 Å². The van der Waals surface area contributed by atoms with Gasteiger partial charge in [0.1, 0.15) is 6.04 Å². The molecule has 1 aliphatic heterocycles. The van der Waals surface area contributed by atoms with E-state index in [9.17, 15) is 44.4 Å². The Morgan fingerprint density at radius 3 is 1.81 bits per heavy atom. The van der Waals surface area contributed by atoms with Crippen molar-refractivity contribution >= 4 is 52.9 Å². The van der Waals surface area contributed by atoms with Crippen LogP contribution in [0.3, 0.4) is 0 Å². The van der Waals surface area contributed by atoms with Crippen LogP contribution in [0.25, 0.3) is 0 Å². The van der Waals surface area contributed by atoms with E-state index < -0.39 is 68.1 Å². The Labute approximate surface area is 319 Å². The van der Waals surface area contributed by atoms with Crippen LogP contribution in [0, 0.1) is 44.1 Å². The number of hydrogen-bond acceptors (Lipinski definition) is 14. The Kier molecular flexibility index (Phi) is 20.9. The molecule has 6 N–H and O–H groups in total. The molecule has 17 nitrogen and oxygen atoms in total. The normalized spacial score (nSPS) is 17.9. The maximum atomic E-state index is 11.9. The van der Waals surface area contributed by atoms with Crippen molar-refractivity contribution in [3.05, 3.63) is 29.8 Å². The zero-order chi connectivity index (χ0) is 34.9. The van der Waals surface area contributed by atoms with Gasteiger partial charge in [0.25, 0.3) is 0 Å². The van der Waals surface area contributed by atoms with Gasteiger partial charge < -0.3 is 56.3 Å². The number of carbonyl (C=O) groups excluding carboxylic acids is 3. The molecule has 0 bridgehead atoms. The first-order valence-corrected chi connectivity index (χ1v) is 15.5. The summed E-state index contributed by atoms with van der Waals surface area (Å²) in [7, 11) is 0. The average Bonchev–Trinajstić information content (AvgIpc) is 2.97. The molecule has 1 heterocycles. The summed E-state index contributed by atoms with van der Waals surface area (Å²) in [4.78, 5) is 63.5. The van der Waals surface area contributed by atoms with E-state index in [0.717, 1.165) is 0 Å². The predicted octanol–water partition coefficient (Wildman–Crippen LogP) is -4.85. The minimum absolute atomic E-state index is 0. The number of aliphatic carboxylic acids is 5. The quantitative estimate of drug-likeness (QED) is 0.0770. The molecular formula is C29H42AcN7O10S-3. The molecule has 0 aromatic heterocycles. The van der Waals surface area contributed by atoms with Gasteiger partial charge in [0, 0.05) is 128 Å². The number of nitrogens with two attached hydrogens (primary N) is 1. The van der Waals surface area contributed by atoms with Crippen LogP contribution < -0.4 is 31.7 Å². The number of nitrogens with zero attached hydrogens (tertiary/aromatic N) is 4. The van der Waals surface area contributed by atoms with Crippen LogP contribution in [0.4, 0.5) is 5.69 Å². The molecule has 1 aromatic carbocycles. The van der Waals surface area contributed by atoms with Crippen LogP contribution >= 0.6 is 12.2 Å². The number of carboxylic acid groups (broad SMARTS) is 5. The smallest absolute Gasteiger partial charge is 0.320 e. The largest absolute Gasteiger partial charge is 0.549 e. The van der Waals surface area contributed by atoms with Gasteiger partial charge in [-0.2, -0.15) is 0 Å². The summed E-state index contributed by atoms with van der Waals surface area (Å²) in [6.07, 6.45) is 1.59. The van der Waals surface area contributed by atoms with Crippen LogP contribution in [0.2, 0.25) is 0 Å². The maximum absolute atomic E-state index is 11.9. The minimum atomic E-state index is -1.36. The third-order valence-electron chi connectivity index (χ3n) is 7.53. The minimum Gasteiger partial charge on any atom is -0.549 e. The fourth-order valence-corrected chi connectivity index (χ4v) is 5.35. The second kappa shape index (κ2) is 23.0. The number of hydrogen-bond donors (Lipinski definition) is 5. The van der Waals surface area contributed by atoms with Crippen LogP contribution in [0.5, 0.6) is 0 Å². The first-order chi connectivity index (χ1) is 22.2. The second-order valence-electron chi connectivity index (χ2n) is 11.2. The van der Waals surface area contributed by atoms with E-state index in [2.05, 4.69) is 10.6 Å². The molecule has 1 saturated heterocycles. The number of rotatable bonds is 16. The molecule has 1 aliphatic rings. The van der Waals surface area contributed by atoms with Gasteiger partial charge in [0.15, 0.2) is 5.11 Å². The summed E-state index contributed by atoms with van der Waals surface area (Å²) in [6, 6.07) is 5.34. The molecule has 0 saturated carbocycles. The van der Waals surface area contributed by atoms with E-state index in [1.807, 2.05) is 0 Å². The van der Waals surface area contributed by atoms with Crippen LogP contribution in [0.15, 0.2) is 24.3 Å². The summed E-state index contributed by atoms with van der Waals surface area (Å²) in [5, 5.41) is 59.5. The van der Waals surface area contributed by atoms with E-state index in [-0.39, 0.29) is 89.9 Å². The molecule has 48 heavy (non-hydrogen) atoms. The Bertz CT molecular complexity index is 1230. The molecule has 1 unspecified atom stereocenters. The molecule has 265 valence electrons. The second-order valence-corrected chi connectivity index (χ2v) is 11.6. The number of carbonyl (C=O) groups is 5. The van der Waals surface area contributed by atoms with Gasteiger partial charge in [-0.25, -0.2) is 0 Å². The molecule has 19 heteroatoms. The Hall–Kier alpha value is -2.50. The van der Waals surface area contributed by atoms with Gasteiger partial charge in [0.2, 0.25) is 0 Å². The van der Waals surface area contributed by atoms with E-state index in [4.69, 9.17) is 23.1 Å².